The third kappa shape index (κ3) is 3.11. The van der Waals surface area contributed by atoms with Crippen LogP contribution in [-0.2, 0) is 4.79 Å². The van der Waals surface area contributed by atoms with E-state index in [0.717, 1.165) is 60.9 Å². The average molecular weight is 416 g/mol. The number of nitrogens with zero attached hydrogens (tertiary/aromatic N) is 6. The van der Waals surface area contributed by atoms with Gasteiger partial charge in [-0.25, -0.2) is 15.0 Å². The molecule has 2 aliphatic rings. The van der Waals surface area contributed by atoms with E-state index >= 15 is 0 Å². The van der Waals surface area contributed by atoms with Crippen molar-refractivity contribution in [2.24, 2.45) is 5.41 Å². The number of imidazole rings is 1. The largest absolute Gasteiger partial charge is 0.351 e. The molecule has 158 valence electrons. The Bertz CT molecular complexity index is 1280. The molecule has 4 aromatic heterocycles. The van der Waals surface area contributed by atoms with Crippen LogP contribution < -0.4 is 5.32 Å². The Morgan fingerprint density at radius 3 is 2.84 bits per heavy atom. The van der Waals surface area contributed by atoms with Gasteiger partial charge in [-0.15, -0.1) is 0 Å². The van der Waals surface area contributed by atoms with E-state index in [4.69, 9.17) is 4.98 Å². The summed E-state index contributed by atoms with van der Waals surface area (Å²) in [7, 11) is 0. The first-order valence-electron chi connectivity index (χ1n) is 10.7. The average Bonchev–Trinajstić information content (AvgIpc) is 3.39. The van der Waals surface area contributed by atoms with E-state index in [1.165, 1.54) is 0 Å². The van der Waals surface area contributed by atoms with Crippen molar-refractivity contribution in [2.75, 3.05) is 18.4 Å². The number of fused-ring (bicyclic) bond motifs is 2. The van der Waals surface area contributed by atoms with Gasteiger partial charge in [0, 0.05) is 79.7 Å². The van der Waals surface area contributed by atoms with Crippen LogP contribution in [-0.4, -0.2) is 59.3 Å². The van der Waals surface area contributed by atoms with Gasteiger partial charge in [-0.3, -0.25) is 9.20 Å². The summed E-state index contributed by atoms with van der Waals surface area (Å²) in [5.41, 5.74) is 3.19. The highest BCUT2D eigenvalue weighted by Gasteiger charge is 2.46. The molecule has 31 heavy (non-hydrogen) atoms. The standard InChI is InChI=1S/C22H24N8O/c1-14(31)29-5-2-22(3-6-29)8-16(9-22)27-20-25-12-18-17(11-24-19(18)28-20)15-10-26-21-23-4-7-30(21)13-15/h4,7,10-13,16H,2-3,5-6,8-9H2,1H3,(H2,24,25,27,28). The van der Waals surface area contributed by atoms with Gasteiger partial charge in [0.05, 0.1) is 0 Å². The van der Waals surface area contributed by atoms with E-state index in [0.29, 0.717) is 23.2 Å². The molecule has 0 aromatic carbocycles. The second kappa shape index (κ2) is 6.76. The Morgan fingerprint density at radius 1 is 1.19 bits per heavy atom. The maximum absolute atomic E-state index is 11.6. The third-order valence-electron chi connectivity index (χ3n) is 6.95. The zero-order valence-electron chi connectivity index (χ0n) is 17.4. The molecule has 1 spiro atoms. The fourth-order valence-corrected chi connectivity index (χ4v) is 5.15. The number of amides is 1. The molecule has 1 aliphatic carbocycles. The summed E-state index contributed by atoms with van der Waals surface area (Å²) in [6.45, 7) is 3.43. The lowest BCUT2D eigenvalue weighted by atomic mass is 9.60. The van der Waals surface area contributed by atoms with Crippen molar-refractivity contribution in [3.8, 4) is 11.1 Å². The molecule has 4 aromatic rings. The number of aromatic amines is 1. The zero-order valence-corrected chi connectivity index (χ0v) is 17.4. The van der Waals surface area contributed by atoms with Crippen LogP contribution in [0.5, 0.6) is 0 Å². The second-order valence-corrected chi connectivity index (χ2v) is 8.89. The van der Waals surface area contributed by atoms with Crippen molar-refractivity contribution in [3.05, 3.63) is 37.2 Å². The Balaban J connectivity index is 1.15. The van der Waals surface area contributed by atoms with E-state index in [2.05, 4.69) is 25.3 Å². The van der Waals surface area contributed by atoms with Crippen LogP contribution in [0.4, 0.5) is 5.95 Å². The van der Waals surface area contributed by atoms with Gasteiger partial charge in [0.15, 0.2) is 0 Å². The molecule has 1 aliphatic heterocycles. The number of H-pyrrole nitrogens is 1. The molecule has 6 rings (SSSR count). The van der Waals surface area contributed by atoms with E-state index in [1.54, 1.807) is 13.1 Å². The molecular formula is C22H24N8O. The number of carbonyl (C=O) groups is 1. The third-order valence-corrected chi connectivity index (χ3v) is 6.95. The number of likely N-dealkylation sites (tertiary alicyclic amines) is 1. The van der Waals surface area contributed by atoms with Gasteiger partial charge in [-0.05, 0) is 31.1 Å². The van der Waals surface area contributed by atoms with Gasteiger partial charge in [-0.1, -0.05) is 0 Å². The first kappa shape index (κ1) is 18.3. The van der Waals surface area contributed by atoms with Crippen molar-refractivity contribution in [2.45, 2.75) is 38.6 Å². The van der Waals surface area contributed by atoms with Gasteiger partial charge in [0.1, 0.15) is 5.65 Å². The Labute approximate surface area is 178 Å². The van der Waals surface area contributed by atoms with Crippen LogP contribution in [0.3, 0.4) is 0 Å². The first-order chi connectivity index (χ1) is 15.1. The molecule has 5 heterocycles. The molecule has 9 heteroatoms. The van der Waals surface area contributed by atoms with E-state index in [9.17, 15) is 4.79 Å². The lowest BCUT2D eigenvalue weighted by Gasteiger charge is -2.52. The predicted octanol–water partition coefficient (Wildman–Crippen LogP) is 2.87. The normalized spacial score (nSPS) is 18.5. The molecule has 1 saturated carbocycles. The fourth-order valence-electron chi connectivity index (χ4n) is 5.15. The molecule has 0 atom stereocenters. The summed E-state index contributed by atoms with van der Waals surface area (Å²) in [6, 6.07) is 0.392. The Hall–Kier alpha value is -3.49. The Morgan fingerprint density at radius 2 is 2.03 bits per heavy atom. The van der Waals surface area contributed by atoms with Crippen LogP contribution in [0.2, 0.25) is 0 Å². The van der Waals surface area contributed by atoms with Gasteiger partial charge in [0.2, 0.25) is 17.6 Å². The summed E-state index contributed by atoms with van der Waals surface area (Å²) in [5, 5.41) is 4.46. The van der Waals surface area contributed by atoms with Crippen LogP contribution in [0.1, 0.15) is 32.6 Å². The minimum atomic E-state index is 0.191. The van der Waals surface area contributed by atoms with Crippen LogP contribution in [0, 0.1) is 5.41 Å². The van der Waals surface area contributed by atoms with E-state index in [-0.39, 0.29) is 5.91 Å². The summed E-state index contributed by atoms with van der Waals surface area (Å²) in [4.78, 5) is 34.6. The van der Waals surface area contributed by atoms with Crippen LogP contribution in [0.25, 0.3) is 27.9 Å². The number of hydrogen-bond acceptors (Lipinski definition) is 6. The number of carbonyl (C=O) groups excluding carboxylic acids is 1. The molecule has 9 nitrogen and oxygen atoms in total. The molecule has 0 unspecified atom stereocenters. The van der Waals surface area contributed by atoms with Gasteiger partial charge in [0.25, 0.3) is 0 Å². The first-order valence-corrected chi connectivity index (χ1v) is 10.7. The highest BCUT2D eigenvalue weighted by molar-refractivity contribution is 5.93. The molecule has 2 fully saturated rings. The summed E-state index contributed by atoms with van der Waals surface area (Å²) in [5.74, 6) is 1.53. The molecular weight excluding hydrogens is 392 g/mol. The number of anilines is 1. The number of nitrogens with one attached hydrogen (secondary N) is 2. The van der Waals surface area contributed by atoms with Gasteiger partial charge in [-0.2, -0.15) is 4.98 Å². The monoisotopic (exact) mass is 416 g/mol. The van der Waals surface area contributed by atoms with Crippen LogP contribution in [0.15, 0.2) is 37.2 Å². The maximum atomic E-state index is 11.6. The molecule has 2 N–H and O–H groups in total. The maximum Gasteiger partial charge on any atom is 0.233 e. The van der Waals surface area contributed by atoms with Crippen molar-refractivity contribution < 1.29 is 4.79 Å². The predicted molar refractivity (Wildman–Crippen MR) is 116 cm³/mol. The summed E-state index contributed by atoms with van der Waals surface area (Å²) < 4.78 is 1.90. The topological polar surface area (TPSA) is 104 Å². The minimum absolute atomic E-state index is 0.191. The zero-order chi connectivity index (χ0) is 21.0. The summed E-state index contributed by atoms with van der Waals surface area (Å²) >= 11 is 0. The number of piperidine rings is 1. The van der Waals surface area contributed by atoms with Crippen LogP contribution >= 0.6 is 0 Å². The molecule has 0 bridgehead atoms. The quantitative estimate of drug-likeness (QED) is 0.532. The molecule has 1 saturated heterocycles. The highest BCUT2D eigenvalue weighted by atomic mass is 16.2. The SMILES string of the molecule is CC(=O)N1CCC2(CC1)CC(Nc1ncc3c(-c4cnc5nccn5c4)c[nH]c3n1)C2. The van der Waals surface area contributed by atoms with Crippen molar-refractivity contribution in [1.29, 1.82) is 0 Å². The smallest absolute Gasteiger partial charge is 0.233 e. The van der Waals surface area contributed by atoms with Gasteiger partial charge >= 0.3 is 0 Å². The molecule has 1 amide bonds. The minimum Gasteiger partial charge on any atom is -0.351 e. The molecule has 0 radical (unpaired) electrons. The highest BCUT2D eigenvalue weighted by Crippen LogP contribution is 2.49. The lowest BCUT2D eigenvalue weighted by molar-refractivity contribution is -0.132. The van der Waals surface area contributed by atoms with Crippen molar-refractivity contribution in [1.82, 2.24) is 34.2 Å². The van der Waals surface area contributed by atoms with Crippen molar-refractivity contribution in [3.63, 3.8) is 0 Å². The lowest BCUT2D eigenvalue weighted by Crippen LogP contribution is -2.52. The number of rotatable bonds is 3. The van der Waals surface area contributed by atoms with Gasteiger partial charge < -0.3 is 15.2 Å². The van der Waals surface area contributed by atoms with E-state index in [1.807, 2.05) is 40.3 Å². The fraction of sp³-hybridized carbons (Fsp3) is 0.409. The Kier molecular flexibility index (Phi) is 3.99. The van der Waals surface area contributed by atoms with E-state index < -0.39 is 0 Å². The second-order valence-electron chi connectivity index (χ2n) is 8.89. The number of hydrogen-bond donors (Lipinski definition) is 2. The van der Waals surface area contributed by atoms with Crippen molar-refractivity contribution >= 4 is 28.7 Å². The number of aromatic nitrogens is 6. The summed E-state index contributed by atoms with van der Waals surface area (Å²) in [6.07, 6.45) is 15.7.